The molecule has 1 aliphatic heterocycles. The van der Waals surface area contributed by atoms with Gasteiger partial charge in [-0.3, -0.25) is 4.79 Å². The molecule has 0 aliphatic carbocycles. The number of hydrogen-bond donors (Lipinski definition) is 2. The van der Waals surface area contributed by atoms with Crippen LogP contribution in [0, 0.1) is 5.82 Å². The van der Waals surface area contributed by atoms with Crippen LogP contribution in [0.3, 0.4) is 0 Å². The van der Waals surface area contributed by atoms with Crippen molar-refractivity contribution in [3.8, 4) is 5.75 Å². The molecule has 3 aromatic rings. The van der Waals surface area contributed by atoms with E-state index in [9.17, 15) is 9.18 Å². The number of halogens is 1. The van der Waals surface area contributed by atoms with Gasteiger partial charge < -0.3 is 15.8 Å². The minimum Gasteiger partial charge on any atom is -0.489 e. The zero-order chi connectivity index (χ0) is 18.1. The van der Waals surface area contributed by atoms with E-state index in [4.69, 9.17) is 10.5 Å². The lowest BCUT2D eigenvalue weighted by molar-refractivity contribution is -0.116. The molecule has 7 heteroatoms. The highest BCUT2D eigenvalue weighted by atomic mass is 32.1. The third-order valence-corrected chi connectivity index (χ3v) is 5.23. The molecule has 1 atom stereocenters. The molecule has 2 heterocycles. The number of anilines is 2. The van der Waals surface area contributed by atoms with Gasteiger partial charge in [0.1, 0.15) is 24.0 Å². The number of carbonyl (C=O) groups excluding carboxylic acids is 1. The van der Waals surface area contributed by atoms with Gasteiger partial charge in [0.25, 0.3) is 0 Å². The number of aromatic nitrogens is 1. The van der Waals surface area contributed by atoms with Crippen LogP contribution in [0.25, 0.3) is 0 Å². The lowest BCUT2D eigenvalue weighted by Crippen LogP contribution is -2.22. The fraction of sp³-hybridized carbons (Fsp3) is 0.158. The number of carbonyl (C=O) groups is 1. The SMILES string of the molecule is Nc1nc2c(s1)C(c1ccc(OCc3ccc(F)cc3)cc1)CC(=O)N2. The van der Waals surface area contributed by atoms with Crippen LogP contribution in [0.1, 0.15) is 28.3 Å². The van der Waals surface area contributed by atoms with Crippen molar-refractivity contribution in [2.45, 2.75) is 18.9 Å². The summed E-state index contributed by atoms with van der Waals surface area (Å²) in [5, 5.41) is 3.21. The minimum atomic E-state index is -0.266. The van der Waals surface area contributed by atoms with Crippen molar-refractivity contribution in [1.29, 1.82) is 0 Å². The molecule has 5 nitrogen and oxygen atoms in total. The van der Waals surface area contributed by atoms with E-state index < -0.39 is 0 Å². The van der Waals surface area contributed by atoms with Crippen LogP contribution in [0.15, 0.2) is 48.5 Å². The summed E-state index contributed by atoms with van der Waals surface area (Å²) in [4.78, 5) is 17.1. The molecule has 4 rings (SSSR count). The maximum atomic E-state index is 12.9. The number of nitrogens with one attached hydrogen (secondary N) is 1. The Morgan fingerprint density at radius 2 is 1.92 bits per heavy atom. The van der Waals surface area contributed by atoms with E-state index >= 15 is 0 Å². The Balaban J connectivity index is 1.49. The van der Waals surface area contributed by atoms with Crippen molar-refractivity contribution in [2.75, 3.05) is 11.1 Å². The van der Waals surface area contributed by atoms with Crippen molar-refractivity contribution >= 4 is 28.2 Å². The highest BCUT2D eigenvalue weighted by molar-refractivity contribution is 7.16. The predicted octanol–water partition coefficient (Wildman–Crippen LogP) is 3.92. The molecule has 0 spiro atoms. The van der Waals surface area contributed by atoms with Gasteiger partial charge in [-0.25, -0.2) is 9.37 Å². The fourth-order valence-corrected chi connectivity index (χ4v) is 3.87. The Hall–Kier alpha value is -2.93. The standard InChI is InChI=1S/C19H16FN3O2S/c20-13-5-1-11(2-6-13)10-25-14-7-3-12(4-8-14)15-9-16(24)22-18-17(15)26-19(21)23-18/h1-8,15H,9-10H2,(H2,21,23)(H,22,24). The summed E-state index contributed by atoms with van der Waals surface area (Å²) in [5.74, 6) is 0.884. The van der Waals surface area contributed by atoms with Crippen LogP contribution >= 0.6 is 11.3 Å². The van der Waals surface area contributed by atoms with Crippen LogP contribution < -0.4 is 15.8 Å². The number of benzene rings is 2. The zero-order valence-corrected chi connectivity index (χ0v) is 14.6. The smallest absolute Gasteiger partial charge is 0.226 e. The Labute approximate surface area is 153 Å². The Morgan fingerprint density at radius 1 is 1.19 bits per heavy atom. The first-order valence-corrected chi connectivity index (χ1v) is 8.93. The van der Waals surface area contributed by atoms with E-state index in [0.717, 1.165) is 16.0 Å². The number of nitrogens with two attached hydrogens (primary N) is 1. The van der Waals surface area contributed by atoms with E-state index in [1.54, 1.807) is 12.1 Å². The number of ether oxygens (including phenoxy) is 1. The highest BCUT2D eigenvalue weighted by Crippen LogP contribution is 2.41. The molecule has 0 saturated carbocycles. The van der Waals surface area contributed by atoms with Gasteiger partial charge in [-0.05, 0) is 35.4 Å². The van der Waals surface area contributed by atoms with Crippen LogP contribution in [-0.2, 0) is 11.4 Å². The number of nitrogen functional groups attached to an aromatic ring is 1. The number of nitrogens with zero attached hydrogens (tertiary/aromatic N) is 1. The number of amides is 1. The molecule has 1 unspecified atom stereocenters. The lowest BCUT2D eigenvalue weighted by atomic mass is 9.91. The van der Waals surface area contributed by atoms with Crippen LogP contribution in [0.2, 0.25) is 0 Å². The maximum absolute atomic E-state index is 12.9. The molecule has 3 N–H and O–H groups in total. The first-order valence-electron chi connectivity index (χ1n) is 8.12. The third kappa shape index (κ3) is 3.39. The molecule has 0 saturated heterocycles. The van der Waals surface area contributed by atoms with Gasteiger partial charge in [-0.2, -0.15) is 0 Å². The Morgan fingerprint density at radius 3 is 2.65 bits per heavy atom. The summed E-state index contributed by atoms with van der Waals surface area (Å²) in [6, 6.07) is 13.8. The Kier molecular flexibility index (Phi) is 4.30. The number of fused-ring (bicyclic) bond motifs is 1. The molecule has 1 aliphatic rings. The van der Waals surface area contributed by atoms with Crippen molar-refractivity contribution in [3.05, 3.63) is 70.4 Å². The van der Waals surface area contributed by atoms with E-state index in [-0.39, 0.29) is 17.6 Å². The van der Waals surface area contributed by atoms with Gasteiger partial charge in [0.15, 0.2) is 5.13 Å². The fourth-order valence-electron chi connectivity index (χ4n) is 2.95. The summed E-state index contributed by atoms with van der Waals surface area (Å²) in [5.41, 5.74) is 7.69. The quantitative estimate of drug-likeness (QED) is 0.731. The normalized spacial score (nSPS) is 16.0. The van der Waals surface area contributed by atoms with Crippen molar-refractivity contribution in [1.82, 2.24) is 4.98 Å². The molecule has 0 radical (unpaired) electrons. The minimum absolute atomic E-state index is 0.0558. The van der Waals surface area contributed by atoms with E-state index in [1.807, 2.05) is 24.3 Å². The van der Waals surface area contributed by atoms with Gasteiger partial charge in [0, 0.05) is 12.3 Å². The van der Waals surface area contributed by atoms with Crippen LogP contribution in [0.4, 0.5) is 15.3 Å². The van der Waals surface area contributed by atoms with Gasteiger partial charge in [0.05, 0.1) is 4.88 Å². The molecular weight excluding hydrogens is 353 g/mol. The number of rotatable bonds is 4. The molecule has 2 aromatic carbocycles. The zero-order valence-electron chi connectivity index (χ0n) is 13.7. The monoisotopic (exact) mass is 369 g/mol. The summed E-state index contributed by atoms with van der Waals surface area (Å²) in [7, 11) is 0. The molecule has 1 aromatic heterocycles. The van der Waals surface area contributed by atoms with Crippen LogP contribution in [0.5, 0.6) is 5.75 Å². The largest absolute Gasteiger partial charge is 0.489 e. The first kappa shape index (κ1) is 16.5. The Bertz CT molecular complexity index is 938. The predicted molar refractivity (Wildman–Crippen MR) is 98.8 cm³/mol. The van der Waals surface area contributed by atoms with Crippen molar-refractivity contribution in [3.63, 3.8) is 0 Å². The van der Waals surface area contributed by atoms with Gasteiger partial charge >= 0.3 is 0 Å². The van der Waals surface area contributed by atoms with Crippen LogP contribution in [-0.4, -0.2) is 10.9 Å². The van der Waals surface area contributed by atoms with E-state index in [1.165, 1.54) is 23.5 Å². The molecule has 0 fully saturated rings. The second kappa shape index (κ2) is 6.76. The number of thiazole rings is 1. The van der Waals surface area contributed by atoms with E-state index in [2.05, 4.69) is 10.3 Å². The number of hydrogen-bond acceptors (Lipinski definition) is 5. The molecular formula is C19H16FN3O2S. The second-order valence-corrected chi connectivity index (χ2v) is 7.12. The molecule has 132 valence electrons. The lowest BCUT2D eigenvalue weighted by Gasteiger charge is -2.21. The average Bonchev–Trinajstić information content (AvgIpc) is 3.01. The topological polar surface area (TPSA) is 77.2 Å². The summed E-state index contributed by atoms with van der Waals surface area (Å²) in [6.45, 7) is 0.362. The average molecular weight is 369 g/mol. The highest BCUT2D eigenvalue weighted by Gasteiger charge is 2.29. The van der Waals surface area contributed by atoms with Crippen molar-refractivity contribution < 1.29 is 13.9 Å². The summed E-state index contributed by atoms with van der Waals surface area (Å²) in [6.07, 6.45) is 0.365. The van der Waals surface area contributed by atoms with E-state index in [0.29, 0.717) is 29.7 Å². The molecule has 0 bridgehead atoms. The van der Waals surface area contributed by atoms with Gasteiger partial charge in [-0.1, -0.05) is 35.6 Å². The summed E-state index contributed by atoms with van der Waals surface area (Å²) < 4.78 is 18.7. The van der Waals surface area contributed by atoms with Gasteiger partial charge in [-0.15, -0.1) is 0 Å². The maximum Gasteiger partial charge on any atom is 0.226 e. The van der Waals surface area contributed by atoms with Gasteiger partial charge in [0.2, 0.25) is 5.91 Å². The first-order chi connectivity index (χ1) is 12.6. The summed E-state index contributed by atoms with van der Waals surface area (Å²) >= 11 is 1.40. The molecule has 26 heavy (non-hydrogen) atoms. The second-order valence-electron chi connectivity index (χ2n) is 6.05. The molecule has 1 amide bonds. The third-order valence-electron chi connectivity index (χ3n) is 4.23. The van der Waals surface area contributed by atoms with Crippen molar-refractivity contribution in [2.24, 2.45) is 0 Å².